The van der Waals surface area contributed by atoms with Crippen LogP contribution in [0.15, 0.2) is 18.2 Å². The number of carbonyl (C=O) groups is 1. The molecule has 1 saturated carbocycles. The van der Waals surface area contributed by atoms with E-state index in [1.807, 2.05) is 0 Å². The summed E-state index contributed by atoms with van der Waals surface area (Å²) >= 11 is 5.80. The van der Waals surface area contributed by atoms with Gasteiger partial charge in [-0.25, -0.2) is 4.39 Å². The molecule has 18 heavy (non-hydrogen) atoms. The summed E-state index contributed by atoms with van der Waals surface area (Å²) in [7, 11) is 1.63. The topological polar surface area (TPSA) is 26.3 Å². The summed E-state index contributed by atoms with van der Waals surface area (Å²) in [6.07, 6.45) is 3.35. The van der Waals surface area contributed by atoms with Crippen molar-refractivity contribution in [1.29, 1.82) is 0 Å². The van der Waals surface area contributed by atoms with Crippen molar-refractivity contribution in [2.24, 2.45) is 0 Å². The van der Waals surface area contributed by atoms with E-state index in [9.17, 15) is 9.18 Å². The molecule has 4 heteroatoms. The molecule has 0 aliphatic heterocycles. The maximum atomic E-state index is 13.5. The van der Waals surface area contributed by atoms with E-state index in [0.717, 1.165) is 19.3 Å². The molecule has 0 radical (unpaired) electrons. The second kappa shape index (κ2) is 5.37. The highest BCUT2D eigenvalue weighted by atomic mass is 35.5. The van der Waals surface area contributed by atoms with Gasteiger partial charge >= 0.3 is 0 Å². The van der Waals surface area contributed by atoms with Crippen LogP contribution in [0.1, 0.15) is 31.2 Å². The Bertz CT molecular complexity index is 450. The maximum Gasteiger partial charge on any atom is 0.140 e. The molecule has 2 rings (SSSR count). The van der Waals surface area contributed by atoms with Gasteiger partial charge in [0, 0.05) is 25.0 Å². The van der Waals surface area contributed by atoms with Gasteiger partial charge in [0.2, 0.25) is 0 Å². The van der Waals surface area contributed by atoms with Gasteiger partial charge in [0.15, 0.2) is 0 Å². The van der Waals surface area contributed by atoms with Crippen LogP contribution in [0, 0.1) is 5.82 Å². The number of hydrogen-bond donors (Lipinski definition) is 0. The second-order valence-corrected chi connectivity index (χ2v) is 5.31. The number of ketones is 1. The number of rotatable bonds is 5. The molecule has 0 heterocycles. The van der Waals surface area contributed by atoms with Crippen LogP contribution >= 0.6 is 11.6 Å². The van der Waals surface area contributed by atoms with Crippen molar-refractivity contribution >= 4 is 17.4 Å². The van der Waals surface area contributed by atoms with Crippen molar-refractivity contribution in [2.45, 2.75) is 37.7 Å². The maximum absolute atomic E-state index is 13.5. The Morgan fingerprint density at radius 2 is 2.22 bits per heavy atom. The normalized spacial score (nSPS) is 17.3. The van der Waals surface area contributed by atoms with Crippen LogP contribution in [0.3, 0.4) is 0 Å². The summed E-state index contributed by atoms with van der Waals surface area (Å²) in [5.41, 5.74) is 0.0599. The summed E-state index contributed by atoms with van der Waals surface area (Å²) in [5, 5.41) is 0.448. The molecule has 0 unspecified atom stereocenters. The van der Waals surface area contributed by atoms with E-state index in [2.05, 4.69) is 0 Å². The predicted molar refractivity (Wildman–Crippen MR) is 68.3 cm³/mol. The van der Waals surface area contributed by atoms with E-state index >= 15 is 0 Å². The first kappa shape index (κ1) is 13.5. The predicted octanol–water partition coefficient (Wildman–Crippen LogP) is 3.55. The molecule has 1 fully saturated rings. The van der Waals surface area contributed by atoms with E-state index in [1.54, 1.807) is 7.11 Å². The lowest BCUT2D eigenvalue weighted by molar-refractivity contribution is -0.131. The zero-order valence-corrected chi connectivity index (χ0v) is 11.1. The number of halogens is 2. The van der Waals surface area contributed by atoms with Gasteiger partial charge < -0.3 is 4.74 Å². The van der Waals surface area contributed by atoms with Crippen LogP contribution in [0.25, 0.3) is 0 Å². The number of ether oxygens (including phenoxy) is 1. The lowest BCUT2D eigenvalue weighted by Gasteiger charge is -2.40. The van der Waals surface area contributed by atoms with Crippen LogP contribution in [-0.4, -0.2) is 18.5 Å². The summed E-state index contributed by atoms with van der Waals surface area (Å²) < 4.78 is 18.9. The molecule has 0 bridgehead atoms. The van der Waals surface area contributed by atoms with Crippen LogP contribution in [0.4, 0.5) is 4.39 Å². The number of benzene rings is 1. The second-order valence-electron chi connectivity index (χ2n) is 4.87. The lowest BCUT2D eigenvalue weighted by atomic mass is 9.76. The highest BCUT2D eigenvalue weighted by Crippen LogP contribution is 2.38. The molecule has 0 atom stereocenters. The van der Waals surface area contributed by atoms with Crippen LogP contribution in [0.5, 0.6) is 0 Å². The minimum absolute atomic E-state index is 0.00211. The van der Waals surface area contributed by atoms with Crippen molar-refractivity contribution < 1.29 is 13.9 Å². The fourth-order valence-electron chi connectivity index (χ4n) is 2.34. The van der Waals surface area contributed by atoms with E-state index in [4.69, 9.17) is 16.3 Å². The van der Waals surface area contributed by atoms with Gasteiger partial charge in [-0.2, -0.15) is 0 Å². The minimum Gasteiger partial charge on any atom is -0.378 e. The molecule has 98 valence electrons. The number of hydrogen-bond acceptors (Lipinski definition) is 2. The first-order valence-electron chi connectivity index (χ1n) is 6.05. The van der Waals surface area contributed by atoms with E-state index in [0.29, 0.717) is 17.0 Å². The zero-order chi connectivity index (χ0) is 13.2. The molecular weight excluding hydrogens is 255 g/mol. The molecule has 0 amide bonds. The third-order valence-electron chi connectivity index (χ3n) is 3.61. The molecule has 1 aliphatic rings. The monoisotopic (exact) mass is 270 g/mol. The fourth-order valence-corrected chi connectivity index (χ4v) is 2.53. The molecule has 1 aliphatic carbocycles. The van der Waals surface area contributed by atoms with Gasteiger partial charge in [0.25, 0.3) is 0 Å². The lowest BCUT2D eigenvalue weighted by Crippen LogP contribution is -2.41. The third-order valence-corrected chi connectivity index (χ3v) is 3.85. The largest absolute Gasteiger partial charge is 0.378 e. The highest BCUT2D eigenvalue weighted by molar-refractivity contribution is 6.30. The molecule has 0 N–H and O–H groups in total. The van der Waals surface area contributed by atoms with Crippen LogP contribution < -0.4 is 0 Å². The van der Waals surface area contributed by atoms with Gasteiger partial charge in [0.1, 0.15) is 11.6 Å². The molecule has 2 nitrogen and oxygen atoms in total. The van der Waals surface area contributed by atoms with Gasteiger partial charge in [0.05, 0.1) is 5.60 Å². The molecule has 1 aromatic carbocycles. The van der Waals surface area contributed by atoms with Gasteiger partial charge in [-0.15, -0.1) is 0 Å². The van der Waals surface area contributed by atoms with E-state index in [-0.39, 0.29) is 23.6 Å². The Balaban J connectivity index is 2.00. The Morgan fingerprint density at radius 3 is 2.78 bits per heavy atom. The highest BCUT2D eigenvalue weighted by Gasteiger charge is 2.38. The van der Waals surface area contributed by atoms with E-state index in [1.165, 1.54) is 18.2 Å². The first-order chi connectivity index (χ1) is 8.54. The van der Waals surface area contributed by atoms with Crippen molar-refractivity contribution in [2.75, 3.05) is 7.11 Å². The van der Waals surface area contributed by atoms with E-state index < -0.39 is 0 Å². The third kappa shape index (κ3) is 2.90. The van der Waals surface area contributed by atoms with Crippen LogP contribution in [-0.2, 0) is 16.0 Å². The van der Waals surface area contributed by atoms with Crippen molar-refractivity contribution in [3.8, 4) is 0 Å². The first-order valence-corrected chi connectivity index (χ1v) is 6.43. The molecule has 0 spiro atoms. The van der Waals surface area contributed by atoms with Crippen LogP contribution in [0.2, 0.25) is 5.02 Å². The minimum atomic E-state index is -0.382. The summed E-state index contributed by atoms with van der Waals surface area (Å²) in [6, 6.07) is 4.28. The molecule has 0 aromatic heterocycles. The van der Waals surface area contributed by atoms with Gasteiger partial charge in [-0.1, -0.05) is 11.6 Å². The molecule has 1 aromatic rings. The number of carbonyl (C=O) groups excluding carboxylic acids is 1. The Labute approximate surface area is 111 Å². The van der Waals surface area contributed by atoms with Gasteiger partial charge in [-0.3, -0.25) is 4.79 Å². The summed E-state index contributed by atoms with van der Waals surface area (Å²) in [6.45, 7) is 0. The fraction of sp³-hybridized carbons (Fsp3) is 0.500. The zero-order valence-electron chi connectivity index (χ0n) is 10.3. The van der Waals surface area contributed by atoms with Crippen molar-refractivity contribution in [1.82, 2.24) is 0 Å². The Kier molecular flexibility index (Phi) is 4.03. The van der Waals surface area contributed by atoms with Crippen molar-refractivity contribution in [3.05, 3.63) is 34.6 Å². The summed E-state index contributed by atoms with van der Waals surface area (Å²) in [4.78, 5) is 12.0. The average Bonchev–Trinajstić information content (AvgIpc) is 2.28. The summed E-state index contributed by atoms with van der Waals surface area (Å²) in [5.74, 6) is -0.384. The molecule has 0 saturated heterocycles. The smallest absolute Gasteiger partial charge is 0.140 e. The Morgan fingerprint density at radius 1 is 1.50 bits per heavy atom. The van der Waals surface area contributed by atoms with Gasteiger partial charge in [-0.05, 0) is 43.0 Å². The Hall–Kier alpha value is -0.930. The van der Waals surface area contributed by atoms with Crippen molar-refractivity contribution in [3.63, 3.8) is 0 Å². The standard InChI is InChI=1S/C14H16ClFO2/c1-18-14(5-2-6-14)9-12(17)8-10-7-11(15)3-4-13(10)16/h3-4,7H,2,5-6,8-9H2,1H3. The number of Topliss-reactive ketones (excluding diaryl/α,β-unsaturated/α-hetero) is 1. The number of methoxy groups -OCH3 is 1. The molecular formula is C14H16ClFO2. The quantitative estimate of drug-likeness (QED) is 0.818. The SMILES string of the molecule is COC1(CC(=O)Cc2cc(Cl)ccc2F)CCC1. The average molecular weight is 271 g/mol.